The number of rotatable bonds is 6. The molecule has 1 heterocycles. The van der Waals surface area contributed by atoms with E-state index in [-0.39, 0.29) is 23.8 Å². The van der Waals surface area contributed by atoms with E-state index in [9.17, 15) is 9.59 Å². The largest absolute Gasteiger partial charge is 0.497 e. The minimum Gasteiger partial charge on any atom is -0.497 e. The summed E-state index contributed by atoms with van der Waals surface area (Å²) < 4.78 is 10.4. The fourth-order valence-electron chi connectivity index (χ4n) is 4.46. The molecule has 7 heteroatoms. The van der Waals surface area contributed by atoms with Crippen molar-refractivity contribution < 1.29 is 19.1 Å². The van der Waals surface area contributed by atoms with Crippen molar-refractivity contribution in [2.45, 2.75) is 37.1 Å². The van der Waals surface area contributed by atoms with Crippen molar-refractivity contribution in [2.75, 3.05) is 21.3 Å². The number of amides is 2. The van der Waals surface area contributed by atoms with Crippen molar-refractivity contribution in [3.8, 4) is 11.5 Å². The molecule has 1 aliphatic carbocycles. The third-order valence-corrected chi connectivity index (χ3v) is 7.87. The average molecular weight is 467 g/mol. The van der Waals surface area contributed by atoms with Gasteiger partial charge in [0.1, 0.15) is 11.5 Å². The second-order valence-corrected chi connectivity index (χ2v) is 9.78. The van der Waals surface area contributed by atoms with Gasteiger partial charge in [0.25, 0.3) is 5.91 Å². The summed E-state index contributed by atoms with van der Waals surface area (Å²) in [5.74, 6) is 1.60. The molecule has 33 heavy (non-hydrogen) atoms. The Morgan fingerprint density at radius 3 is 2.33 bits per heavy atom. The molecule has 3 unspecified atom stereocenters. The van der Waals surface area contributed by atoms with Crippen molar-refractivity contribution in [3.63, 3.8) is 0 Å². The number of hydrogen-bond acceptors (Lipinski definition) is 5. The number of thioether (sulfide) groups is 1. The first kappa shape index (κ1) is 23.2. The van der Waals surface area contributed by atoms with Crippen molar-refractivity contribution in [2.24, 2.45) is 5.92 Å². The van der Waals surface area contributed by atoms with Gasteiger partial charge in [0, 0.05) is 30.8 Å². The summed E-state index contributed by atoms with van der Waals surface area (Å²) in [6.45, 7) is 0.492. The van der Waals surface area contributed by atoms with Gasteiger partial charge in [0.15, 0.2) is 0 Å². The molecule has 2 aromatic rings. The predicted octanol–water partition coefficient (Wildman–Crippen LogP) is 4.10. The minimum absolute atomic E-state index is 0.0244. The summed E-state index contributed by atoms with van der Waals surface area (Å²) in [4.78, 5) is 28.5. The van der Waals surface area contributed by atoms with E-state index in [2.05, 4.69) is 5.32 Å². The van der Waals surface area contributed by atoms with Crippen LogP contribution in [0, 0.1) is 5.92 Å². The molecule has 1 saturated heterocycles. The normalized spacial score (nSPS) is 23.7. The van der Waals surface area contributed by atoms with Crippen molar-refractivity contribution >= 4 is 29.7 Å². The lowest BCUT2D eigenvalue weighted by Gasteiger charge is -2.44. The molecule has 0 bridgehead atoms. The second kappa shape index (κ2) is 10.3. The molecule has 0 radical (unpaired) electrons. The monoisotopic (exact) mass is 466 g/mol. The highest BCUT2D eigenvalue weighted by Gasteiger charge is 2.42. The third-order valence-electron chi connectivity index (χ3n) is 6.47. The van der Waals surface area contributed by atoms with Crippen LogP contribution in [0.2, 0.25) is 0 Å². The lowest BCUT2D eigenvalue weighted by Crippen LogP contribution is -2.52. The molecule has 0 aromatic heterocycles. The fraction of sp³-hybridized carbons (Fsp3) is 0.385. The van der Waals surface area contributed by atoms with Crippen LogP contribution in [0.4, 0.5) is 0 Å². The van der Waals surface area contributed by atoms with Gasteiger partial charge < -0.3 is 19.7 Å². The van der Waals surface area contributed by atoms with Gasteiger partial charge in [-0.15, -0.1) is 11.8 Å². The van der Waals surface area contributed by atoms with E-state index < -0.39 is 0 Å². The first-order chi connectivity index (χ1) is 16.0. The number of ether oxygens (including phenoxy) is 2. The molecule has 6 nitrogen and oxygen atoms in total. The van der Waals surface area contributed by atoms with Crippen LogP contribution in [0.25, 0.3) is 6.08 Å². The molecular formula is C26H30N2O4S. The Labute approximate surface area is 199 Å². The molecular weight excluding hydrogens is 436 g/mol. The van der Waals surface area contributed by atoms with Gasteiger partial charge in [0.2, 0.25) is 5.91 Å². The first-order valence-electron chi connectivity index (χ1n) is 11.2. The molecule has 1 N–H and O–H groups in total. The molecule has 174 valence electrons. The predicted molar refractivity (Wildman–Crippen MR) is 131 cm³/mol. The summed E-state index contributed by atoms with van der Waals surface area (Å²) in [7, 11) is 5.13. The minimum atomic E-state index is -0.0764. The number of nitrogens with zero attached hydrogens (tertiary/aromatic N) is 1. The van der Waals surface area contributed by atoms with Crippen molar-refractivity contribution in [3.05, 3.63) is 64.6 Å². The molecule has 1 aliphatic heterocycles. The van der Waals surface area contributed by atoms with Gasteiger partial charge in [-0.2, -0.15) is 0 Å². The van der Waals surface area contributed by atoms with E-state index in [4.69, 9.17) is 9.47 Å². The summed E-state index contributed by atoms with van der Waals surface area (Å²) in [6, 6.07) is 15.5. The highest BCUT2D eigenvalue weighted by molar-refractivity contribution is 8.04. The smallest absolute Gasteiger partial charge is 0.260 e. The van der Waals surface area contributed by atoms with Gasteiger partial charge in [-0.3, -0.25) is 9.59 Å². The lowest BCUT2D eigenvalue weighted by molar-refractivity contribution is -0.132. The molecule has 4 rings (SSSR count). The summed E-state index contributed by atoms with van der Waals surface area (Å²) in [5.41, 5.74) is 2.01. The topological polar surface area (TPSA) is 67.9 Å². The van der Waals surface area contributed by atoms with Crippen LogP contribution in [0.1, 0.15) is 30.4 Å². The van der Waals surface area contributed by atoms with Crippen LogP contribution in [0.15, 0.2) is 53.4 Å². The van der Waals surface area contributed by atoms with Crippen LogP contribution >= 0.6 is 11.8 Å². The van der Waals surface area contributed by atoms with Crippen LogP contribution in [0.3, 0.4) is 0 Å². The molecule has 1 saturated carbocycles. The number of carbonyl (C=O) groups is 2. The second-order valence-electron chi connectivity index (χ2n) is 8.50. The quantitative estimate of drug-likeness (QED) is 0.649. The Hall–Kier alpha value is -2.93. The zero-order chi connectivity index (χ0) is 23.4. The van der Waals surface area contributed by atoms with Crippen molar-refractivity contribution in [1.29, 1.82) is 0 Å². The SMILES string of the molecule is COc1ccc(/C=C2\SC3CCC(C(=O)NCc4ccc(OC)cc4)CC3N(C)C2=O)cc1. The number of likely N-dealkylation sites (N-methyl/N-ethyl adjacent to an activating group) is 1. The number of benzene rings is 2. The van der Waals surface area contributed by atoms with Crippen LogP contribution < -0.4 is 14.8 Å². The van der Waals surface area contributed by atoms with E-state index in [1.54, 1.807) is 26.0 Å². The Bertz CT molecular complexity index is 1020. The molecule has 2 aromatic carbocycles. The Morgan fingerprint density at radius 1 is 1.06 bits per heavy atom. The summed E-state index contributed by atoms with van der Waals surface area (Å²) >= 11 is 1.65. The maximum Gasteiger partial charge on any atom is 0.260 e. The number of hydrogen-bond donors (Lipinski definition) is 1. The van der Waals surface area contributed by atoms with Gasteiger partial charge >= 0.3 is 0 Å². The van der Waals surface area contributed by atoms with Crippen LogP contribution in [-0.4, -0.2) is 49.3 Å². The number of fused-ring (bicyclic) bond motifs is 1. The van der Waals surface area contributed by atoms with Gasteiger partial charge in [-0.1, -0.05) is 24.3 Å². The first-order valence-corrected chi connectivity index (χ1v) is 12.1. The zero-order valence-corrected chi connectivity index (χ0v) is 20.1. The number of carbonyl (C=O) groups excluding carboxylic acids is 2. The molecule has 3 atom stereocenters. The maximum absolute atomic E-state index is 13.0. The average Bonchev–Trinajstić information content (AvgIpc) is 2.86. The van der Waals surface area contributed by atoms with E-state index >= 15 is 0 Å². The van der Waals surface area contributed by atoms with Crippen LogP contribution in [0.5, 0.6) is 11.5 Å². The van der Waals surface area contributed by atoms with Gasteiger partial charge in [0.05, 0.1) is 19.1 Å². The standard InChI is InChI=1S/C26H30N2O4S/c1-28-22-15-19(25(29)27-16-18-6-11-21(32-3)12-7-18)8-13-23(22)33-24(26(28)30)14-17-4-9-20(31-2)10-5-17/h4-7,9-12,14,19,22-23H,8,13,15-16H2,1-3H3,(H,27,29)/b24-14-. The summed E-state index contributed by atoms with van der Waals surface area (Å²) in [6.07, 6.45) is 4.39. The molecule has 2 fully saturated rings. The van der Waals surface area contributed by atoms with Gasteiger partial charge in [-0.25, -0.2) is 0 Å². The molecule has 0 spiro atoms. The molecule has 2 amide bonds. The molecule has 2 aliphatic rings. The Kier molecular flexibility index (Phi) is 7.28. The number of methoxy groups -OCH3 is 2. The fourth-order valence-corrected chi connectivity index (χ4v) is 5.94. The van der Waals surface area contributed by atoms with E-state index in [1.165, 1.54) is 0 Å². The third kappa shape index (κ3) is 5.36. The number of nitrogens with one attached hydrogen (secondary N) is 1. The van der Waals surface area contributed by atoms with Gasteiger partial charge in [-0.05, 0) is 60.7 Å². The maximum atomic E-state index is 13.0. The van der Waals surface area contributed by atoms with E-state index in [0.717, 1.165) is 40.4 Å². The van der Waals surface area contributed by atoms with Crippen LogP contribution in [-0.2, 0) is 16.1 Å². The lowest BCUT2D eigenvalue weighted by atomic mass is 9.83. The van der Waals surface area contributed by atoms with E-state index in [0.29, 0.717) is 18.2 Å². The Morgan fingerprint density at radius 2 is 1.70 bits per heavy atom. The summed E-state index contributed by atoms with van der Waals surface area (Å²) in [5, 5.41) is 3.38. The highest BCUT2D eigenvalue weighted by Crippen LogP contribution is 2.43. The Balaban J connectivity index is 1.36. The van der Waals surface area contributed by atoms with E-state index in [1.807, 2.05) is 66.6 Å². The highest BCUT2D eigenvalue weighted by atomic mass is 32.2. The zero-order valence-electron chi connectivity index (χ0n) is 19.2. The van der Waals surface area contributed by atoms with Crippen molar-refractivity contribution in [1.82, 2.24) is 10.2 Å².